The molecule has 0 fully saturated rings. The summed E-state index contributed by atoms with van der Waals surface area (Å²) < 4.78 is 13.3. The summed E-state index contributed by atoms with van der Waals surface area (Å²) >= 11 is 0. The van der Waals surface area contributed by atoms with E-state index in [1.54, 1.807) is 4.90 Å². The summed E-state index contributed by atoms with van der Waals surface area (Å²) in [6.07, 6.45) is 0. The van der Waals surface area contributed by atoms with E-state index in [2.05, 4.69) is 0 Å². The predicted octanol–water partition coefficient (Wildman–Crippen LogP) is 2.91. The minimum absolute atomic E-state index is 0.0735. The SMILES string of the molecule is CC(C)CN(C(=O)c1cc(N)cc(F)c1)C(C)C. The predicted molar refractivity (Wildman–Crippen MR) is 71.8 cm³/mol. The molecule has 1 rings (SSSR count). The van der Waals surface area contributed by atoms with E-state index in [4.69, 9.17) is 5.73 Å². The normalized spacial score (nSPS) is 11.1. The van der Waals surface area contributed by atoms with Crippen LogP contribution in [0.15, 0.2) is 18.2 Å². The standard InChI is InChI=1S/C14H21FN2O/c1-9(2)8-17(10(3)4)14(18)11-5-12(15)7-13(16)6-11/h5-7,9-10H,8,16H2,1-4H3. The number of anilines is 1. The molecule has 0 aliphatic carbocycles. The molecular weight excluding hydrogens is 231 g/mol. The molecule has 2 N–H and O–H groups in total. The first kappa shape index (κ1) is 14.5. The molecule has 0 bridgehead atoms. The van der Waals surface area contributed by atoms with E-state index < -0.39 is 5.82 Å². The Morgan fingerprint density at radius 1 is 1.28 bits per heavy atom. The number of benzene rings is 1. The van der Waals surface area contributed by atoms with E-state index in [1.165, 1.54) is 18.2 Å². The van der Waals surface area contributed by atoms with Crippen molar-refractivity contribution in [1.29, 1.82) is 0 Å². The van der Waals surface area contributed by atoms with Gasteiger partial charge in [-0.2, -0.15) is 0 Å². The fraction of sp³-hybridized carbons (Fsp3) is 0.500. The number of nitrogens with zero attached hydrogens (tertiary/aromatic N) is 1. The van der Waals surface area contributed by atoms with Crippen LogP contribution in [0.4, 0.5) is 10.1 Å². The number of halogens is 1. The Balaban J connectivity index is 3.01. The molecule has 0 atom stereocenters. The summed E-state index contributed by atoms with van der Waals surface area (Å²) in [7, 11) is 0. The van der Waals surface area contributed by atoms with Crippen LogP contribution in [0.3, 0.4) is 0 Å². The van der Waals surface area contributed by atoms with Crippen molar-refractivity contribution in [3.8, 4) is 0 Å². The first-order valence-corrected chi connectivity index (χ1v) is 6.18. The molecular formula is C14H21FN2O. The maximum absolute atomic E-state index is 13.3. The van der Waals surface area contributed by atoms with Gasteiger partial charge in [0.1, 0.15) is 5.82 Å². The minimum atomic E-state index is -0.480. The lowest BCUT2D eigenvalue weighted by atomic mass is 10.1. The molecule has 0 aromatic heterocycles. The van der Waals surface area contributed by atoms with Crippen LogP contribution in [0.1, 0.15) is 38.1 Å². The van der Waals surface area contributed by atoms with Crippen LogP contribution in [0, 0.1) is 11.7 Å². The highest BCUT2D eigenvalue weighted by molar-refractivity contribution is 5.95. The number of nitrogens with two attached hydrogens (primary N) is 1. The van der Waals surface area contributed by atoms with Crippen molar-refractivity contribution in [3.05, 3.63) is 29.6 Å². The molecule has 4 heteroatoms. The van der Waals surface area contributed by atoms with Crippen LogP contribution in [0.5, 0.6) is 0 Å². The third kappa shape index (κ3) is 3.72. The van der Waals surface area contributed by atoms with Gasteiger partial charge in [0.05, 0.1) is 0 Å². The molecule has 0 aliphatic rings. The summed E-state index contributed by atoms with van der Waals surface area (Å²) in [5, 5.41) is 0. The lowest BCUT2D eigenvalue weighted by Gasteiger charge is -2.28. The van der Waals surface area contributed by atoms with Crippen LogP contribution in [0.25, 0.3) is 0 Å². The van der Waals surface area contributed by atoms with Gasteiger partial charge in [0.15, 0.2) is 0 Å². The Bertz CT molecular complexity index is 410. The zero-order chi connectivity index (χ0) is 13.9. The lowest BCUT2D eigenvalue weighted by Crippen LogP contribution is -2.39. The summed E-state index contributed by atoms with van der Waals surface area (Å²) in [4.78, 5) is 14.1. The van der Waals surface area contributed by atoms with E-state index in [0.29, 0.717) is 18.0 Å². The molecule has 100 valence electrons. The third-order valence-electron chi connectivity index (χ3n) is 2.61. The molecule has 3 nitrogen and oxygen atoms in total. The van der Waals surface area contributed by atoms with Gasteiger partial charge in [-0.15, -0.1) is 0 Å². The summed E-state index contributed by atoms with van der Waals surface area (Å²) in [6.45, 7) is 8.63. The van der Waals surface area contributed by atoms with Crippen LogP contribution in [0.2, 0.25) is 0 Å². The topological polar surface area (TPSA) is 46.3 Å². The molecule has 0 unspecified atom stereocenters. The molecule has 0 radical (unpaired) electrons. The van der Waals surface area contributed by atoms with Gasteiger partial charge in [-0.25, -0.2) is 4.39 Å². The molecule has 1 amide bonds. The van der Waals surface area contributed by atoms with Crippen LogP contribution in [-0.2, 0) is 0 Å². The van der Waals surface area contributed by atoms with Gasteiger partial charge in [0, 0.05) is 23.8 Å². The second-order valence-corrected chi connectivity index (χ2v) is 5.22. The van der Waals surface area contributed by atoms with Crippen molar-refractivity contribution in [2.45, 2.75) is 33.7 Å². The smallest absolute Gasteiger partial charge is 0.254 e. The average molecular weight is 252 g/mol. The fourth-order valence-electron chi connectivity index (χ4n) is 1.82. The van der Waals surface area contributed by atoms with E-state index >= 15 is 0 Å². The third-order valence-corrected chi connectivity index (χ3v) is 2.61. The molecule has 0 spiro atoms. The van der Waals surface area contributed by atoms with Crippen molar-refractivity contribution in [1.82, 2.24) is 4.90 Å². The van der Waals surface area contributed by atoms with Gasteiger partial charge in [-0.1, -0.05) is 13.8 Å². The molecule has 0 saturated heterocycles. The molecule has 1 aromatic rings. The van der Waals surface area contributed by atoms with Gasteiger partial charge < -0.3 is 10.6 Å². The summed E-state index contributed by atoms with van der Waals surface area (Å²) in [5.41, 5.74) is 6.14. The largest absolute Gasteiger partial charge is 0.399 e. The highest BCUT2D eigenvalue weighted by atomic mass is 19.1. The highest BCUT2D eigenvalue weighted by Gasteiger charge is 2.20. The first-order valence-electron chi connectivity index (χ1n) is 6.18. The number of rotatable bonds is 4. The lowest BCUT2D eigenvalue weighted by molar-refractivity contribution is 0.0681. The van der Waals surface area contributed by atoms with E-state index in [-0.39, 0.29) is 17.6 Å². The molecule has 0 saturated carbocycles. The number of hydrogen-bond donors (Lipinski definition) is 1. The van der Waals surface area contributed by atoms with Crippen molar-refractivity contribution in [2.24, 2.45) is 5.92 Å². The van der Waals surface area contributed by atoms with Gasteiger partial charge in [0.2, 0.25) is 0 Å². The monoisotopic (exact) mass is 252 g/mol. The Morgan fingerprint density at radius 2 is 1.89 bits per heavy atom. The molecule has 1 aromatic carbocycles. The Morgan fingerprint density at radius 3 is 2.33 bits per heavy atom. The second kappa shape index (κ2) is 5.85. The van der Waals surface area contributed by atoms with Crippen molar-refractivity contribution < 1.29 is 9.18 Å². The van der Waals surface area contributed by atoms with Crippen molar-refractivity contribution in [2.75, 3.05) is 12.3 Å². The average Bonchev–Trinajstić information content (AvgIpc) is 2.23. The quantitative estimate of drug-likeness (QED) is 0.837. The number of carbonyl (C=O) groups is 1. The van der Waals surface area contributed by atoms with Crippen molar-refractivity contribution in [3.63, 3.8) is 0 Å². The molecule has 0 aliphatic heterocycles. The summed E-state index contributed by atoms with van der Waals surface area (Å²) in [5.74, 6) is -0.293. The van der Waals surface area contributed by atoms with Gasteiger partial charge in [0.25, 0.3) is 5.91 Å². The van der Waals surface area contributed by atoms with Crippen molar-refractivity contribution >= 4 is 11.6 Å². The maximum atomic E-state index is 13.3. The fourth-order valence-corrected chi connectivity index (χ4v) is 1.82. The van der Waals surface area contributed by atoms with E-state index in [0.717, 1.165) is 0 Å². The zero-order valence-corrected chi connectivity index (χ0v) is 11.4. The van der Waals surface area contributed by atoms with Crippen LogP contribution < -0.4 is 5.73 Å². The number of carbonyl (C=O) groups excluding carboxylic acids is 1. The van der Waals surface area contributed by atoms with E-state index in [9.17, 15) is 9.18 Å². The second-order valence-electron chi connectivity index (χ2n) is 5.22. The Kier molecular flexibility index (Phi) is 4.70. The van der Waals surface area contributed by atoms with Crippen LogP contribution >= 0.6 is 0 Å². The van der Waals surface area contributed by atoms with Gasteiger partial charge >= 0.3 is 0 Å². The first-order chi connectivity index (χ1) is 8.31. The highest BCUT2D eigenvalue weighted by Crippen LogP contribution is 2.15. The number of hydrogen-bond acceptors (Lipinski definition) is 2. The number of nitrogen functional groups attached to an aromatic ring is 1. The number of amides is 1. The van der Waals surface area contributed by atoms with E-state index in [1.807, 2.05) is 27.7 Å². The Hall–Kier alpha value is -1.58. The van der Waals surface area contributed by atoms with Gasteiger partial charge in [-0.05, 0) is 38.0 Å². The maximum Gasteiger partial charge on any atom is 0.254 e. The zero-order valence-electron chi connectivity index (χ0n) is 11.4. The minimum Gasteiger partial charge on any atom is -0.399 e. The molecule has 18 heavy (non-hydrogen) atoms. The van der Waals surface area contributed by atoms with Gasteiger partial charge in [-0.3, -0.25) is 4.79 Å². The Labute approximate surface area is 108 Å². The van der Waals surface area contributed by atoms with Crippen LogP contribution in [-0.4, -0.2) is 23.4 Å². The summed E-state index contributed by atoms with van der Waals surface area (Å²) in [6, 6.07) is 4.03. The molecule has 0 heterocycles.